The molecule has 0 aliphatic rings. The van der Waals surface area contributed by atoms with Crippen molar-refractivity contribution in [2.75, 3.05) is 13.2 Å². The molecule has 0 aliphatic carbocycles. The molecule has 0 saturated heterocycles. The fourth-order valence-electron chi connectivity index (χ4n) is 10.9. The van der Waals surface area contributed by atoms with Crippen molar-refractivity contribution in [1.82, 2.24) is 5.32 Å². The first-order chi connectivity index (χ1) is 36.5. The van der Waals surface area contributed by atoms with Crippen LogP contribution in [0, 0.1) is 0 Å². The maximum Gasteiger partial charge on any atom is 0.305 e. The third-order valence-electron chi connectivity index (χ3n) is 16.1. The topological polar surface area (TPSA) is 95.9 Å². The number of amides is 1. The number of allylic oxidation sites excluding steroid dienone is 1. The molecule has 0 rings (SSSR count). The summed E-state index contributed by atoms with van der Waals surface area (Å²) >= 11 is 0. The maximum absolute atomic E-state index is 12.5. The highest BCUT2D eigenvalue weighted by atomic mass is 16.5. The maximum atomic E-state index is 12.5. The zero-order chi connectivity index (χ0) is 53.6. The lowest BCUT2D eigenvalue weighted by Crippen LogP contribution is -2.45. The Balaban J connectivity index is 3.41. The first kappa shape index (κ1) is 72.6. The van der Waals surface area contributed by atoms with Gasteiger partial charge in [-0.3, -0.25) is 9.59 Å². The van der Waals surface area contributed by atoms with Gasteiger partial charge >= 0.3 is 5.97 Å². The van der Waals surface area contributed by atoms with Crippen molar-refractivity contribution >= 4 is 11.9 Å². The average Bonchev–Trinajstić information content (AvgIpc) is 3.40. The molecule has 0 aromatic heterocycles. The Bertz CT molecular complexity index is 1110. The molecule has 0 aromatic rings. The predicted octanol–water partition coefficient (Wildman–Crippen LogP) is 21.6. The first-order valence-electron chi connectivity index (χ1n) is 34.0. The lowest BCUT2D eigenvalue weighted by Gasteiger charge is -2.20. The predicted molar refractivity (Wildman–Crippen MR) is 324 cm³/mol. The third kappa shape index (κ3) is 59.8. The van der Waals surface area contributed by atoms with Crippen LogP contribution in [0.3, 0.4) is 0 Å². The summed E-state index contributed by atoms with van der Waals surface area (Å²) in [4.78, 5) is 24.6. The molecule has 0 spiro atoms. The fraction of sp³-hybridized carbons (Fsp3) is 0.941. The number of rotatable bonds is 64. The first-order valence-corrected chi connectivity index (χ1v) is 34.0. The van der Waals surface area contributed by atoms with Gasteiger partial charge in [-0.2, -0.15) is 0 Å². The van der Waals surface area contributed by atoms with Crippen LogP contribution in [0.25, 0.3) is 0 Å². The normalized spacial score (nSPS) is 12.5. The Kier molecular flexibility index (Phi) is 62.9. The van der Waals surface area contributed by atoms with Gasteiger partial charge < -0.3 is 20.3 Å². The van der Waals surface area contributed by atoms with Crippen LogP contribution in [0.15, 0.2) is 12.2 Å². The van der Waals surface area contributed by atoms with Crippen molar-refractivity contribution < 1.29 is 24.5 Å². The molecule has 0 aromatic carbocycles. The van der Waals surface area contributed by atoms with Gasteiger partial charge in [-0.15, -0.1) is 0 Å². The molecule has 0 fully saturated rings. The van der Waals surface area contributed by atoms with Gasteiger partial charge in [0.05, 0.1) is 25.4 Å². The lowest BCUT2D eigenvalue weighted by molar-refractivity contribution is -0.143. The van der Waals surface area contributed by atoms with E-state index in [9.17, 15) is 19.8 Å². The van der Waals surface area contributed by atoms with E-state index in [0.29, 0.717) is 19.4 Å². The quantitative estimate of drug-likeness (QED) is 0.0320. The molecule has 2 unspecified atom stereocenters. The summed E-state index contributed by atoms with van der Waals surface area (Å²) in [5.74, 6) is -0.0529. The summed E-state index contributed by atoms with van der Waals surface area (Å²) in [5, 5.41) is 23.2. The Labute approximate surface area is 463 Å². The monoisotopic (exact) mass is 1040 g/mol. The van der Waals surface area contributed by atoms with E-state index >= 15 is 0 Å². The number of esters is 1. The average molecular weight is 1040 g/mol. The van der Waals surface area contributed by atoms with Crippen LogP contribution < -0.4 is 5.32 Å². The fourth-order valence-corrected chi connectivity index (χ4v) is 10.9. The molecule has 0 aliphatic heterocycles. The summed E-state index contributed by atoms with van der Waals surface area (Å²) in [6, 6.07) is -0.630. The highest BCUT2D eigenvalue weighted by Crippen LogP contribution is 2.19. The molecule has 2 atom stereocenters. The molecule has 3 N–H and O–H groups in total. The number of aliphatic hydroxyl groups excluding tert-OH is 2. The molecule has 0 heterocycles. The molecule has 0 bridgehead atoms. The van der Waals surface area contributed by atoms with Gasteiger partial charge in [0.1, 0.15) is 0 Å². The van der Waals surface area contributed by atoms with Crippen molar-refractivity contribution in [2.45, 2.75) is 398 Å². The van der Waals surface area contributed by atoms with Crippen LogP contribution in [-0.2, 0) is 14.3 Å². The third-order valence-corrected chi connectivity index (χ3v) is 16.1. The molecule has 440 valence electrons. The van der Waals surface area contributed by atoms with E-state index in [1.807, 2.05) is 6.08 Å². The van der Waals surface area contributed by atoms with Gasteiger partial charge in [-0.1, -0.05) is 353 Å². The van der Waals surface area contributed by atoms with Crippen molar-refractivity contribution in [1.29, 1.82) is 0 Å². The molecule has 6 heteroatoms. The van der Waals surface area contributed by atoms with Crippen molar-refractivity contribution in [3.63, 3.8) is 0 Å². The van der Waals surface area contributed by atoms with Gasteiger partial charge in [0.25, 0.3) is 0 Å². The number of aliphatic hydroxyl groups is 2. The second-order valence-electron chi connectivity index (χ2n) is 23.5. The van der Waals surface area contributed by atoms with Crippen LogP contribution in [0.1, 0.15) is 386 Å². The number of nitrogens with one attached hydrogen (secondary N) is 1. The molecule has 0 radical (unpaired) electrons. The Hall–Kier alpha value is -1.40. The van der Waals surface area contributed by atoms with Crippen LogP contribution in [0.5, 0.6) is 0 Å². The number of unbranched alkanes of at least 4 members (excludes halogenated alkanes) is 53. The Morgan fingerprint density at radius 3 is 0.919 bits per heavy atom. The lowest BCUT2D eigenvalue weighted by atomic mass is 10.0. The standard InChI is InChI=1S/C68H133NO5/c1-3-5-7-9-11-13-15-17-19-21-22-23-25-29-32-36-40-44-48-52-56-60-66(71)65(64-70)69-67(72)61-57-53-49-45-41-37-33-30-26-24-27-31-35-39-43-47-51-55-59-63-74-68(73)62-58-54-50-46-42-38-34-28-20-18-16-14-12-10-8-6-4-2/h56,60,65-66,70-71H,3-55,57-59,61-64H2,1-2H3,(H,69,72)/b60-56+. The van der Waals surface area contributed by atoms with E-state index in [0.717, 1.165) is 38.5 Å². The summed E-state index contributed by atoms with van der Waals surface area (Å²) in [6.45, 7) is 4.94. The molecular formula is C68H133NO5. The van der Waals surface area contributed by atoms with E-state index in [1.165, 1.54) is 321 Å². The summed E-state index contributed by atoms with van der Waals surface area (Å²) < 4.78 is 5.50. The van der Waals surface area contributed by atoms with E-state index in [2.05, 4.69) is 19.2 Å². The SMILES string of the molecule is CCCCCCCCCCCCCCCCCCCCC/C=C/C(O)C(CO)NC(=O)CCCCCCCCCCCCCCCCCCCCCOC(=O)CCCCCCCCCCCCCCCCCCC. The van der Waals surface area contributed by atoms with Gasteiger partial charge in [0.15, 0.2) is 0 Å². The minimum Gasteiger partial charge on any atom is -0.466 e. The minimum atomic E-state index is -0.847. The van der Waals surface area contributed by atoms with Crippen molar-refractivity contribution in [3.05, 3.63) is 12.2 Å². The number of hydrogen-bond donors (Lipinski definition) is 3. The van der Waals surface area contributed by atoms with E-state index in [1.54, 1.807) is 6.08 Å². The zero-order valence-corrected chi connectivity index (χ0v) is 50.4. The van der Waals surface area contributed by atoms with Crippen molar-refractivity contribution in [2.24, 2.45) is 0 Å². The smallest absolute Gasteiger partial charge is 0.305 e. The summed E-state index contributed by atoms with van der Waals surface area (Å²) in [5.41, 5.74) is 0. The number of carbonyl (C=O) groups is 2. The van der Waals surface area contributed by atoms with Crippen LogP contribution in [0.2, 0.25) is 0 Å². The van der Waals surface area contributed by atoms with Crippen LogP contribution >= 0.6 is 0 Å². The van der Waals surface area contributed by atoms with Gasteiger partial charge in [-0.25, -0.2) is 0 Å². The van der Waals surface area contributed by atoms with Gasteiger partial charge in [0.2, 0.25) is 5.91 Å². The largest absolute Gasteiger partial charge is 0.466 e. The Morgan fingerprint density at radius 2 is 0.622 bits per heavy atom. The second-order valence-corrected chi connectivity index (χ2v) is 23.5. The van der Waals surface area contributed by atoms with E-state index in [4.69, 9.17) is 4.74 Å². The highest BCUT2D eigenvalue weighted by Gasteiger charge is 2.18. The van der Waals surface area contributed by atoms with Gasteiger partial charge in [-0.05, 0) is 32.1 Å². The molecule has 6 nitrogen and oxygen atoms in total. The molecule has 74 heavy (non-hydrogen) atoms. The number of hydrogen-bond acceptors (Lipinski definition) is 5. The number of ether oxygens (including phenoxy) is 1. The summed E-state index contributed by atoms with van der Waals surface area (Å²) in [7, 11) is 0. The highest BCUT2D eigenvalue weighted by molar-refractivity contribution is 5.76. The van der Waals surface area contributed by atoms with Crippen LogP contribution in [-0.4, -0.2) is 47.4 Å². The van der Waals surface area contributed by atoms with Crippen molar-refractivity contribution in [3.8, 4) is 0 Å². The van der Waals surface area contributed by atoms with E-state index < -0.39 is 12.1 Å². The number of carbonyl (C=O) groups excluding carboxylic acids is 2. The van der Waals surface area contributed by atoms with Crippen LogP contribution in [0.4, 0.5) is 0 Å². The van der Waals surface area contributed by atoms with Gasteiger partial charge in [0, 0.05) is 12.8 Å². The Morgan fingerprint density at radius 1 is 0.365 bits per heavy atom. The minimum absolute atomic E-state index is 0.0134. The molecule has 1 amide bonds. The molecule has 0 saturated carbocycles. The second kappa shape index (κ2) is 64.1. The zero-order valence-electron chi connectivity index (χ0n) is 50.4. The summed E-state index contributed by atoms with van der Waals surface area (Å²) in [6.07, 6.45) is 78.4. The molecular weight excluding hydrogens is 911 g/mol. The van der Waals surface area contributed by atoms with E-state index in [-0.39, 0.29) is 18.5 Å².